The fourth-order valence-electron chi connectivity index (χ4n) is 2.02. The zero-order chi connectivity index (χ0) is 13.1. The molecule has 0 N–H and O–H groups in total. The van der Waals surface area contributed by atoms with Crippen LogP contribution < -0.4 is 4.74 Å². The highest BCUT2D eigenvalue weighted by molar-refractivity contribution is 5.79. The predicted octanol–water partition coefficient (Wildman–Crippen LogP) is 4.02. The van der Waals surface area contributed by atoms with Crippen molar-refractivity contribution in [2.75, 3.05) is 7.11 Å². The lowest BCUT2D eigenvalue weighted by Crippen LogP contribution is -1.84. The van der Waals surface area contributed by atoms with Crippen molar-refractivity contribution in [2.45, 2.75) is 0 Å². The lowest BCUT2D eigenvalue weighted by Gasteiger charge is -2.03. The highest BCUT2D eigenvalue weighted by atomic mass is 16.5. The summed E-state index contributed by atoms with van der Waals surface area (Å²) in [7, 11) is 1.65. The van der Waals surface area contributed by atoms with Gasteiger partial charge in [-0.25, -0.2) is 0 Å². The van der Waals surface area contributed by atoms with E-state index in [2.05, 4.69) is 5.16 Å². The maximum atomic E-state index is 5.16. The van der Waals surface area contributed by atoms with Crippen molar-refractivity contribution in [3.05, 3.63) is 60.9 Å². The Hall–Kier alpha value is -2.55. The molecule has 0 aliphatic rings. The first-order chi connectivity index (χ1) is 9.38. The SMILES string of the molecule is COc1ccc(-c2nocc2-c2ccccc2)cc1. The van der Waals surface area contributed by atoms with E-state index in [0.717, 1.165) is 28.1 Å². The topological polar surface area (TPSA) is 35.3 Å². The lowest BCUT2D eigenvalue weighted by atomic mass is 10.0. The molecule has 2 aromatic carbocycles. The van der Waals surface area contributed by atoms with Gasteiger partial charge >= 0.3 is 0 Å². The fourth-order valence-corrected chi connectivity index (χ4v) is 2.02. The Labute approximate surface area is 111 Å². The quantitative estimate of drug-likeness (QED) is 0.705. The summed E-state index contributed by atoms with van der Waals surface area (Å²) in [4.78, 5) is 0. The molecule has 0 aliphatic heterocycles. The lowest BCUT2D eigenvalue weighted by molar-refractivity contribution is 0.414. The van der Waals surface area contributed by atoms with Crippen LogP contribution in [0.15, 0.2) is 65.4 Å². The minimum atomic E-state index is 0.827. The average Bonchev–Trinajstić information content (AvgIpc) is 2.98. The summed E-state index contributed by atoms with van der Waals surface area (Å²) in [5.74, 6) is 0.827. The van der Waals surface area contributed by atoms with E-state index in [1.54, 1.807) is 13.4 Å². The van der Waals surface area contributed by atoms with Gasteiger partial charge in [0.15, 0.2) is 0 Å². The van der Waals surface area contributed by atoms with Gasteiger partial charge in [0.25, 0.3) is 0 Å². The smallest absolute Gasteiger partial charge is 0.132 e. The van der Waals surface area contributed by atoms with Crippen LogP contribution in [0.1, 0.15) is 0 Å². The summed E-state index contributed by atoms with van der Waals surface area (Å²) < 4.78 is 10.3. The second kappa shape index (κ2) is 4.98. The third-order valence-electron chi connectivity index (χ3n) is 3.02. The minimum Gasteiger partial charge on any atom is -0.497 e. The third kappa shape index (κ3) is 2.22. The summed E-state index contributed by atoms with van der Waals surface area (Å²) in [5.41, 5.74) is 3.93. The van der Waals surface area contributed by atoms with Gasteiger partial charge < -0.3 is 9.26 Å². The van der Waals surface area contributed by atoms with Gasteiger partial charge in [-0.2, -0.15) is 0 Å². The molecule has 3 heteroatoms. The molecule has 0 spiro atoms. The molecule has 0 saturated carbocycles. The van der Waals surface area contributed by atoms with Crippen LogP contribution in [-0.4, -0.2) is 12.3 Å². The van der Waals surface area contributed by atoms with Crippen LogP contribution in [0.3, 0.4) is 0 Å². The maximum Gasteiger partial charge on any atom is 0.132 e. The van der Waals surface area contributed by atoms with E-state index >= 15 is 0 Å². The fraction of sp³-hybridized carbons (Fsp3) is 0.0625. The van der Waals surface area contributed by atoms with E-state index in [-0.39, 0.29) is 0 Å². The average molecular weight is 251 g/mol. The minimum absolute atomic E-state index is 0.827. The Kier molecular flexibility index (Phi) is 3.02. The summed E-state index contributed by atoms with van der Waals surface area (Å²) in [6, 6.07) is 17.9. The van der Waals surface area contributed by atoms with Crippen LogP contribution in [0.2, 0.25) is 0 Å². The predicted molar refractivity (Wildman–Crippen MR) is 73.9 cm³/mol. The van der Waals surface area contributed by atoms with E-state index in [1.165, 1.54) is 0 Å². The summed E-state index contributed by atoms with van der Waals surface area (Å²) in [6.45, 7) is 0. The van der Waals surface area contributed by atoms with Crippen LogP contribution in [-0.2, 0) is 0 Å². The highest BCUT2D eigenvalue weighted by Crippen LogP contribution is 2.31. The molecule has 0 aliphatic carbocycles. The molecular formula is C16H13NO2. The van der Waals surface area contributed by atoms with Gasteiger partial charge in [-0.15, -0.1) is 0 Å². The van der Waals surface area contributed by atoms with Crippen molar-refractivity contribution in [2.24, 2.45) is 0 Å². The third-order valence-corrected chi connectivity index (χ3v) is 3.02. The molecule has 0 fully saturated rings. The van der Waals surface area contributed by atoms with Crippen molar-refractivity contribution in [1.29, 1.82) is 0 Å². The number of rotatable bonds is 3. The van der Waals surface area contributed by atoms with Gasteiger partial charge in [0.1, 0.15) is 17.7 Å². The Morgan fingerprint density at radius 1 is 0.895 bits per heavy atom. The Bertz CT molecular complexity index is 657. The molecule has 3 rings (SSSR count). The summed E-state index contributed by atoms with van der Waals surface area (Å²) >= 11 is 0. The first-order valence-corrected chi connectivity index (χ1v) is 6.02. The van der Waals surface area contributed by atoms with Crippen molar-refractivity contribution in [1.82, 2.24) is 5.16 Å². The van der Waals surface area contributed by atoms with Gasteiger partial charge in [-0.3, -0.25) is 0 Å². The van der Waals surface area contributed by atoms with Crippen molar-refractivity contribution >= 4 is 0 Å². The van der Waals surface area contributed by atoms with Gasteiger partial charge in [0, 0.05) is 11.1 Å². The van der Waals surface area contributed by atoms with E-state index in [4.69, 9.17) is 9.26 Å². The van der Waals surface area contributed by atoms with E-state index in [1.807, 2.05) is 54.6 Å². The van der Waals surface area contributed by atoms with Crippen molar-refractivity contribution in [3.8, 4) is 28.1 Å². The molecule has 94 valence electrons. The molecule has 0 unspecified atom stereocenters. The maximum absolute atomic E-state index is 5.16. The van der Waals surface area contributed by atoms with Crippen LogP contribution in [0.25, 0.3) is 22.4 Å². The first-order valence-electron chi connectivity index (χ1n) is 6.02. The van der Waals surface area contributed by atoms with Gasteiger partial charge in [-0.1, -0.05) is 35.5 Å². The molecule has 1 heterocycles. The molecule has 0 atom stereocenters. The van der Waals surface area contributed by atoms with Crippen LogP contribution >= 0.6 is 0 Å². The number of benzene rings is 2. The van der Waals surface area contributed by atoms with Crippen LogP contribution in [0, 0.1) is 0 Å². The summed E-state index contributed by atoms with van der Waals surface area (Å²) in [6.07, 6.45) is 1.68. The Balaban J connectivity index is 2.04. The number of aromatic nitrogens is 1. The van der Waals surface area contributed by atoms with E-state index in [9.17, 15) is 0 Å². The van der Waals surface area contributed by atoms with Gasteiger partial charge in [0.05, 0.1) is 7.11 Å². The number of ether oxygens (including phenoxy) is 1. The monoisotopic (exact) mass is 251 g/mol. The van der Waals surface area contributed by atoms with Crippen molar-refractivity contribution in [3.63, 3.8) is 0 Å². The Morgan fingerprint density at radius 2 is 1.63 bits per heavy atom. The normalized spacial score (nSPS) is 10.4. The number of methoxy groups -OCH3 is 1. The second-order valence-electron chi connectivity index (χ2n) is 4.17. The highest BCUT2D eigenvalue weighted by Gasteiger charge is 2.11. The Morgan fingerprint density at radius 3 is 2.32 bits per heavy atom. The second-order valence-corrected chi connectivity index (χ2v) is 4.17. The zero-order valence-electron chi connectivity index (χ0n) is 10.5. The molecule has 3 aromatic rings. The molecule has 19 heavy (non-hydrogen) atoms. The van der Waals surface area contributed by atoms with E-state index in [0.29, 0.717) is 0 Å². The zero-order valence-corrected chi connectivity index (χ0v) is 10.5. The number of nitrogens with zero attached hydrogens (tertiary/aromatic N) is 1. The van der Waals surface area contributed by atoms with Gasteiger partial charge in [0.2, 0.25) is 0 Å². The molecular weight excluding hydrogens is 238 g/mol. The van der Waals surface area contributed by atoms with E-state index < -0.39 is 0 Å². The summed E-state index contributed by atoms with van der Waals surface area (Å²) in [5, 5.41) is 4.10. The molecule has 0 radical (unpaired) electrons. The molecule has 1 aromatic heterocycles. The van der Waals surface area contributed by atoms with Crippen LogP contribution in [0.5, 0.6) is 5.75 Å². The number of hydrogen-bond acceptors (Lipinski definition) is 3. The van der Waals surface area contributed by atoms with Crippen LogP contribution in [0.4, 0.5) is 0 Å². The van der Waals surface area contributed by atoms with Crippen molar-refractivity contribution < 1.29 is 9.26 Å². The first kappa shape index (κ1) is 11.5. The standard InChI is InChI=1S/C16H13NO2/c1-18-14-9-7-13(8-10-14)16-15(11-19-17-16)12-5-3-2-4-6-12/h2-11H,1H3. The number of hydrogen-bond donors (Lipinski definition) is 0. The molecule has 0 saturated heterocycles. The molecule has 0 amide bonds. The van der Waals surface area contributed by atoms with Gasteiger partial charge in [-0.05, 0) is 29.8 Å². The molecule has 3 nitrogen and oxygen atoms in total. The largest absolute Gasteiger partial charge is 0.497 e. The molecule has 0 bridgehead atoms.